The molecular formula is C12H14FNO. The average molecular weight is 207 g/mol. The highest BCUT2D eigenvalue weighted by molar-refractivity contribution is 5.46. The van der Waals surface area contributed by atoms with Gasteiger partial charge in [0.15, 0.2) is 0 Å². The van der Waals surface area contributed by atoms with E-state index in [1.807, 2.05) is 7.05 Å². The molecule has 1 aromatic rings. The summed E-state index contributed by atoms with van der Waals surface area (Å²) in [5, 5.41) is 2.99. The summed E-state index contributed by atoms with van der Waals surface area (Å²) in [4.78, 5) is 0. The van der Waals surface area contributed by atoms with Crippen molar-refractivity contribution in [1.29, 1.82) is 0 Å². The lowest BCUT2D eigenvalue weighted by Crippen LogP contribution is -2.05. The smallest absolute Gasteiger partial charge is 0.134 e. The summed E-state index contributed by atoms with van der Waals surface area (Å²) in [6.07, 6.45) is 0.732. The molecule has 0 saturated carbocycles. The number of hydrogen-bond donors (Lipinski definition) is 1. The van der Waals surface area contributed by atoms with Crippen LogP contribution < -0.4 is 10.1 Å². The van der Waals surface area contributed by atoms with Crippen molar-refractivity contribution in [3.8, 4) is 17.6 Å². The van der Waals surface area contributed by atoms with Crippen LogP contribution >= 0.6 is 0 Å². The first kappa shape index (κ1) is 11.5. The third kappa shape index (κ3) is 3.61. The fraction of sp³-hybridized carbons (Fsp3) is 0.333. The van der Waals surface area contributed by atoms with Crippen molar-refractivity contribution in [2.75, 3.05) is 20.7 Å². The predicted molar refractivity (Wildman–Crippen MR) is 58.4 cm³/mol. The van der Waals surface area contributed by atoms with Crippen LogP contribution in [0.25, 0.3) is 0 Å². The van der Waals surface area contributed by atoms with Crippen molar-refractivity contribution in [3.05, 3.63) is 29.6 Å². The highest BCUT2D eigenvalue weighted by Gasteiger charge is 2.00. The third-order valence-electron chi connectivity index (χ3n) is 1.88. The molecule has 0 aliphatic carbocycles. The van der Waals surface area contributed by atoms with Gasteiger partial charge in [0, 0.05) is 13.0 Å². The molecule has 3 heteroatoms. The quantitative estimate of drug-likeness (QED) is 0.602. The molecule has 0 unspecified atom stereocenters. The molecule has 1 N–H and O–H groups in total. The second kappa shape index (κ2) is 6.05. The van der Waals surface area contributed by atoms with E-state index in [2.05, 4.69) is 17.2 Å². The summed E-state index contributed by atoms with van der Waals surface area (Å²) in [6, 6.07) is 4.32. The fourth-order valence-corrected chi connectivity index (χ4v) is 1.12. The van der Waals surface area contributed by atoms with E-state index >= 15 is 0 Å². The zero-order chi connectivity index (χ0) is 11.1. The van der Waals surface area contributed by atoms with Gasteiger partial charge in [0.1, 0.15) is 11.6 Å². The van der Waals surface area contributed by atoms with Crippen molar-refractivity contribution in [3.63, 3.8) is 0 Å². The van der Waals surface area contributed by atoms with Gasteiger partial charge in [-0.3, -0.25) is 0 Å². The number of hydrogen-bond acceptors (Lipinski definition) is 2. The predicted octanol–water partition coefficient (Wildman–Crippen LogP) is 1.80. The lowest BCUT2D eigenvalue weighted by molar-refractivity contribution is 0.412. The SMILES string of the molecule is CNCCC#Cc1cc(F)ccc1OC. The van der Waals surface area contributed by atoms with Crippen LogP contribution in [0.2, 0.25) is 0 Å². The minimum atomic E-state index is -0.297. The van der Waals surface area contributed by atoms with Crippen LogP contribution in [-0.4, -0.2) is 20.7 Å². The van der Waals surface area contributed by atoms with E-state index in [1.54, 1.807) is 13.2 Å². The van der Waals surface area contributed by atoms with Gasteiger partial charge in [-0.2, -0.15) is 0 Å². The molecule has 15 heavy (non-hydrogen) atoms. The van der Waals surface area contributed by atoms with Gasteiger partial charge in [0.25, 0.3) is 0 Å². The molecule has 80 valence electrons. The molecule has 1 rings (SSSR count). The summed E-state index contributed by atoms with van der Waals surface area (Å²) in [7, 11) is 3.41. The molecule has 0 bridgehead atoms. The third-order valence-corrected chi connectivity index (χ3v) is 1.88. The topological polar surface area (TPSA) is 21.3 Å². The molecular weight excluding hydrogens is 193 g/mol. The van der Waals surface area contributed by atoms with E-state index in [0.717, 1.165) is 13.0 Å². The van der Waals surface area contributed by atoms with Crippen molar-refractivity contribution in [2.24, 2.45) is 0 Å². The van der Waals surface area contributed by atoms with Gasteiger partial charge < -0.3 is 10.1 Å². The first-order valence-corrected chi connectivity index (χ1v) is 4.75. The Kier molecular flexibility index (Phi) is 4.65. The molecule has 0 heterocycles. The Labute approximate surface area is 89.4 Å². The molecule has 0 atom stereocenters. The van der Waals surface area contributed by atoms with Crippen LogP contribution in [0, 0.1) is 17.7 Å². The Morgan fingerprint density at radius 2 is 2.27 bits per heavy atom. The summed E-state index contributed by atoms with van der Waals surface area (Å²) in [6.45, 7) is 0.824. The highest BCUT2D eigenvalue weighted by atomic mass is 19.1. The van der Waals surface area contributed by atoms with E-state index in [4.69, 9.17) is 4.74 Å². The molecule has 0 fully saturated rings. The zero-order valence-corrected chi connectivity index (χ0v) is 8.93. The molecule has 0 aromatic heterocycles. The van der Waals surface area contributed by atoms with E-state index in [9.17, 15) is 4.39 Å². The largest absolute Gasteiger partial charge is 0.495 e. The van der Waals surface area contributed by atoms with Gasteiger partial charge in [-0.25, -0.2) is 4.39 Å². The van der Waals surface area contributed by atoms with Gasteiger partial charge in [-0.05, 0) is 25.2 Å². The molecule has 2 nitrogen and oxygen atoms in total. The van der Waals surface area contributed by atoms with Crippen LogP contribution in [0.4, 0.5) is 4.39 Å². The fourth-order valence-electron chi connectivity index (χ4n) is 1.12. The number of nitrogens with one attached hydrogen (secondary N) is 1. The van der Waals surface area contributed by atoms with Crippen LogP contribution in [-0.2, 0) is 0 Å². The first-order chi connectivity index (χ1) is 7.27. The number of ether oxygens (including phenoxy) is 1. The maximum atomic E-state index is 12.9. The van der Waals surface area contributed by atoms with Crippen molar-refractivity contribution < 1.29 is 9.13 Å². The Morgan fingerprint density at radius 1 is 1.47 bits per heavy atom. The van der Waals surface area contributed by atoms with Crippen LogP contribution in [0.15, 0.2) is 18.2 Å². The minimum Gasteiger partial charge on any atom is -0.495 e. The number of benzene rings is 1. The summed E-state index contributed by atoms with van der Waals surface area (Å²) < 4.78 is 18.0. The van der Waals surface area contributed by atoms with E-state index in [-0.39, 0.29) is 5.82 Å². The molecule has 0 spiro atoms. The van der Waals surface area contributed by atoms with Crippen molar-refractivity contribution >= 4 is 0 Å². The summed E-state index contributed by atoms with van der Waals surface area (Å²) >= 11 is 0. The summed E-state index contributed by atoms with van der Waals surface area (Å²) in [5.41, 5.74) is 0.591. The maximum absolute atomic E-state index is 12.9. The van der Waals surface area contributed by atoms with E-state index < -0.39 is 0 Å². The number of methoxy groups -OCH3 is 1. The van der Waals surface area contributed by atoms with Gasteiger partial charge in [0.05, 0.1) is 12.7 Å². The lowest BCUT2D eigenvalue weighted by atomic mass is 10.2. The molecule has 1 aromatic carbocycles. The minimum absolute atomic E-state index is 0.297. The van der Waals surface area contributed by atoms with Gasteiger partial charge in [0.2, 0.25) is 0 Å². The maximum Gasteiger partial charge on any atom is 0.134 e. The number of halogens is 1. The Balaban J connectivity index is 2.80. The zero-order valence-electron chi connectivity index (χ0n) is 8.93. The summed E-state index contributed by atoms with van der Waals surface area (Å²) in [5.74, 6) is 6.14. The van der Waals surface area contributed by atoms with Gasteiger partial charge >= 0.3 is 0 Å². The lowest BCUT2D eigenvalue weighted by Gasteiger charge is -2.02. The van der Waals surface area contributed by atoms with Crippen molar-refractivity contribution in [2.45, 2.75) is 6.42 Å². The highest BCUT2D eigenvalue weighted by Crippen LogP contribution is 2.17. The van der Waals surface area contributed by atoms with Crippen LogP contribution in [0.5, 0.6) is 5.75 Å². The monoisotopic (exact) mass is 207 g/mol. The first-order valence-electron chi connectivity index (χ1n) is 4.75. The second-order valence-electron chi connectivity index (χ2n) is 3.00. The standard InChI is InChI=1S/C12H14FNO/c1-14-8-4-3-5-10-9-11(13)6-7-12(10)15-2/h6-7,9,14H,4,8H2,1-2H3. The Hall–Kier alpha value is -1.53. The average Bonchev–Trinajstić information content (AvgIpc) is 2.25. The molecule has 0 amide bonds. The molecule has 0 aliphatic heterocycles. The van der Waals surface area contributed by atoms with E-state index in [1.165, 1.54) is 12.1 Å². The van der Waals surface area contributed by atoms with Crippen LogP contribution in [0.1, 0.15) is 12.0 Å². The van der Waals surface area contributed by atoms with E-state index in [0.29, 0.717) is 11.3 Å². The van der Waals surface area contributed by atoms with Crippen molar-refractivity contribution in [1.82, 2.24) is 5.32 Å². The van der Waals surface area contributed by atoms with Crippen LogP contribution in [0.3, 0.4) is 0 Å². The van der Waals surface area contributed by atoms with Gasteiger partial charge in [-0.1, -0.05) is 11.8 Å². The molecule has 0 saturated heterocycles. The normalized spacial score (nSPS) is 9.27. The van der Waals surface area contributed by atoms with Gasteiger partial charge in [-0.15, -0.1) is 0 Å². The second-order valence-corrected chi connectivity index (χ2v) is 3.00. The Bertz CT molecular complexity index is 379. The number of rotatable bonds is 3. The molecule has 0 radical (unpaired) electrons. The molecule has 0 aliphatic rings. The Morgan fingerprint density at radius 3 is 2.93 bits per heavy atom.